The summed E-state index contributed by atoms with van der Waals surface area (Å²) in [6.45, 7) is 13.7. The maximum absolute atomic E-state index is 9.62. The summed E-state index contributed by atoms with van der Waals surface area (Å²) in [7, 11) is 0. The maximum Gasteiger partial charge on any atom is 0.186 e. The molecule has 304 valence electrons. The summed E-state index contributed by atoms with van der Waals surface area (Å²) >= 11 is 0. The summed E-state index contributed by atoms with van der Waals surface area (Å²) in [6.07, 6.45) is 0.325. The Labute approximate surface area is 367 Å². The molecule has 5 heteroatoms. The summed E-state index contributed by atoms with van der Waals surface area (Å²) in [6, 6.07) is 61.7. The molecule has 62 heavy (non-hydrogen) atoms. The fourth-order valence-corrected chi connectivity index (χ4v) is 10.0. The topological polar surface area (TPSA) is 27.1 Å². The zero-order valence-corrected chi connectivity index (χ0v) is 35.9. The average molecular weight is 810 g/mol. The lowest BCUT2D eigenvalue weighted by Crippen LogP contribution is -2.67. The number of nitrogens with zero attached hydrogens (tertiary/aromatic N) is 4. The average Bonchev–Trinajstić information content (AvgIpc) is 3.90. The Morgan fingerprint density at radius 3 is 2.00 bits per heavy atom. The lowest BCUT2D eigenvalue weighted by atomic mass is 9.88. The number of ether oxygens (including phenoxy) is 1. The van der Waals surface area contributed by atoms with Crippen LogP contribution in [0.4, 0.5) is 22.7 Å². The highest BCUT2D eigenvalue weighted by Gasteiger charge is 2.64. The summed E-state index contributed by atoms with van der Waals surface area (Å²) in [5.74, 6) is 2.10. The predicted octanol–water partition coefficient (Wildman–Crippen LogP) is 15.2. The van der Waals surface area contributed by atoms with Gasteiger partial charge in [0.1, 0.15) is 28.7 Å². The number of hydrogen-bond donors (Lipinski definition) is 0. The van der Waals surface area contributed by atoms with Gasteiger partial charge in [-0.25, -0.2) is 4.98 Å². The van der Waals surface area contributed by atoms with Gasteiger partial charge in [-0.05, 0) is 89.0 Å². The molecule has 2 atom stereocenters. The molecule has 0 saturated carbocycles. The number of quaternary nitrogens is 2. The van der Waals surface area contributed by atoms with Crippen LogP contribution in [0, 0.1) is 12.6 Å². The van der Waals surface area contributed by atoms with Crippen molar-refractivity contribution in [3.05, 3.63) is 200 Å². The van der Waals surface area contributed by atoms with Crippen molar-refractivity contribution < 1.29 is 7.48 Å². The van der Waals surface area contributed by atoms with Crippen molar-refractivity contribution >= 4 is 44.6 Å². The van der Waals surface area contributed by atoms with Crippen molar-refractivity contribution in [2.24, 2.45) is 5.92 Å². The highest BCUT2D eigenvalue weighted by molar-refractivity contribution is 6.09. The van der Waals surface area contributed by atoms with E-state index in [-0.39, 0.29) is 11.3 Å². The Morgan fingerprint density at radius 2 is 1.29 bits per heavy atom. The second-order valence-electron chi connectivity index (χ2n) is 18.2. The lowest BCUT2D eigenvalue weighted by molar-refractivity contribution is 0.187. The number of pyridine rings is 1. The van der Waals surface area contributed by atoms with Gasteiger partial charge in [-0.15, -0.1) is 0 Å². The number of fused-ring (bicyclic) bond motifs is 3. The summed E-state index contributed by atoms with van der Waals surface area (Å²) in [4.78, 5) is 4.89. The molecule has 12 rings (SSSR count). The van der Waals surface area contributed by atoms with Gasteiger partial charge in [0.2, 0.25) is 0 Å². The van der Waals surface area contributed by atoms with Gasteiger partial charge in [0, 0.05) is 54.6 Å². The fourth-order valence-electron chi connectivity index (χ4n) is 10.0. The van der Waals surface area contributed by atoms with Crippen LogP contribution in [0.2, 0.25) is 0 Å². The van der Waals surface area contributed by atoms with Crippen LogP contribution in [0.1, 0.15) is 48.5 Å². The minimum atomic E-state index is -1.59. The normalized spacial score (nSPS) is 18.7. The molecule has 5 nitrogen and oxygen atoms in total. The largest absolute Gasteiger partial charge is 0.457 e. The van der Waals surface area contributed by atoms with E-state index in [0.717, 1.165) is 89.7 Å². The van der Waals surface area contributed by atoms with Crippen molar-refractivity contribution in [1.29, 1.82) is 0 Å². The van der Waals surface area contributed by atoms with E-state index in [1.807, 2.05) is 38.2 Å². The third-order valence-electron chi connectivity index (χ3n) is 12.7. The van der Waals surface area contributed by atoms with Gasteiger partial charge in [-0.3, -0.25) is 13.5 Å². The molecule has 7 aromatic carbocycles. The Kier molecular flexibility index (Phi) is 8.35. The Balaban J connectivity index is 1.05. The van der Waals surface area contributed by atoms with E-state index in [9.17, 15) is 2.74 Å². The first-order chi connectivity index (χ1) is 30.9. The fraction of sp³-hybridized carbons (Fsp3) is 0.158. The number of hydrogen-bond acceptors (Lipinski definition) is 2. The standard InChI is InChI=1S/C57H51N4O/c1-39(2)33-42-21-14-28-53-55(42)61(56-47(40-17-8-6-9-18-40)25-16-26-48(56)41-19-10-7-11-20-41)37-60(53,38-61)44-22-15-23-45(35-44)62-46-29-30-50-49-24-12-13-27-51(49)59(52(50)36-46)54-34-43(31-32-58-54)57(3,4)5/h6-32,34-37,39H,33,38H2,1-5H3/q+1/t60-,61-/m1/s1/i33D2. The zero-order valence-electron chi connectivity index (χ0n) is 37.9. The summed E-state index contributed by atoms with van der Waals surface area (Å²) < 4.78 is 29.2. The number of benzene rings is 7. The van der Waals surface area contributed by atoms with E-state index in [0.29, 0.717) is 15.6 Å². The van der Waals surface area contributed by atoms with Gasteiger partial charge in [0.15, 0.2) is 18.0 Å². The Bertz CT molecular complexity index is 3190. The molecule has 3 aliphatic rings. The molecule has 1 saturated heterocycles. The SMILES string of the molecule is [2H]C([2H])(c1cccc2c1[N@@+]1(c3c(-c4ccccc4)cccc3-c3ccccc3)[CH-][N@+]2(c2cccc(Oc3ccc4c5ccccc5n(-c5cc(C(C)(C)C)ccn5)c4c3)c2)C1)C(C)C. The minimum absolute atomic E-state index is 0.0268. The monoisotopic (exact) mass is 809 g/mol. The highest BCUT2D eigenvalue weighted by Crippen LogP contribution is 2.68. The van der Waals surface area contributed by atoms with E-state index in [2.05, 4.69) is 190 Å². The van der Waals surface area contributed by atoms with Crippen LogP contribution in [0.25, 0.3) is 49.9 Å². The second-order valence-corrected chi connectivity index (χ2v) is 18.2. The number of rotatable bonds is 9. The summed E-state index contributed by atoms with van der Waals surface area (Å²) in [5.41, 5.74) is 12.9. The van der Waals surface area contributed by atoms with E-state index in [1.165, 1.54) is 5.56 Å². The number of aromatic nitrogens is 2. The van der Waals surface area contributed by atoms with Crippen LogP contribution in [0.3, 0.4) is 0 Å². The van der Waals surface area contributed by atoms with Gasteiger partial charge < -0.3 is 4.74 Å². The van der Waals surface area contributed by atoms with Crippen LogP contribution < -0.4 is 13.7 Å². The van der Waals surface area contributed by atoms with Crippen LogP contribution in [0.15, 0.2) is 182 Å². The van der Waals surface area contributed by atoms with Crippen LogP contribution >= 0.6 is 0 Å². The van der Waals surface area contributed by atoms with E-state index < -0.39 is 6.37 Å². The van der Waals surface area contributed by atoms with Crippen molar-refractivity contribution in [3.63, 3.8) is 0 Å². The predicted molar refractivity (Wildman–Crippen MR) is 258 cm³/mol. The van der Waals surface area contributed by atoms with Crippen LogP contribution in [-0.2, 0) is 11.8 Å². The quantitative estimate of drug-likeness (QED) is 0.107. The molecule has 9 aromatic rings. The number of para-hydroxylation sites is 3. The van der Waals surface area contributed by atoms with Crippen LogP contribution in [0.5, 0.6) is 11.5 Å². The Morgan fingerprint density at radius 1 is 0.645 bits per heavy atom. The molecule has 0 amide bonds. The molecule has 1 fully saturated rings. The van der Waals surface area contributed by atoms with E-state index in [4.69, 9.17) is 9.72 Å². The summed E-state index contributed by atoms with van der Waals surface area (Å²) in [5, 5.41) is 2.30. The lowest BCUT2D eigenvalue weighted by Gasteiger charge is -2.57. The molecule has 0 spiro atoms. The smallest absolute Gasteiger partial charge is 0.186 e. The molecule has 0 N–H and O–H groups in total. The van der Waals surface area contributed by atoms with Crippen molar-refractivity contribution in [2.45, 2.75) is 46.4 Å². The van der Waals surface area contributed by atoms with Gasteiger partial charge in [0.25, 0.3) is 0 Å². The molecular formula is C57H51N4O+. The molecule has 0 unspecified atom stereocenters. The van der Waals surface area contributed by atoms with Gasteiger partial charge in [-0.2, -0.15) is 0 Å². The first kappa shape index (κ1) is 35.9. The van der Waals surface area contributed by atoms with Crippen molar-refractivity contribution in [1.82, 2.24) is 18.5 Å². The van der Waals surface area contributed by atoms with Crippen molar-refractivity contribution in [2.75, 3.05) is 6.67 Å². The van der Waals surface area contributed by atoms with E-state index >= 15 is 0 Å². The highest BCUT2D eigenvalue weighted by atomic mass is 16.5. The Hall–Kier alpha value is -6.79. The van der Waals surface area contributed by atoms with Crippen molar-refractivity contribution in [3.8, 4) is 39.6 Å². The zero-order chi connectivity index (χ0) is 44.0. The molecule has 0 radical (unpaired) electrons. The minimum Gasteiger partial charge on any atom is -0.457 e. The molecule has 2 aromatic heterocycles. The van der Waals surface area contributed by atoms with Gasteiger partial charge in [-0.1, -0.05) is 138 Å². The third kappa shape index (κ3) is 6.02. The molecule has 3 aliphatic heterocycles. The van der Waals surface area contributed by atoms with E-state index in [1.54, 1.807) is 0 Å². The van der Waals surface area contributed by atoms with Gasteiger partial charge in [0.05, 0.1) is 17.7 Å². The van der Waals surface area contributed by atoms with Crippen LogP contribution in [-0.4, -0.2) is 16.2 Å². The maximum atomic E-state index is 9.62. The molecule has 0 aliphatic carbocycles. The molecule has 2 bridgehead atoms. The van der Waals surface area contributed by atoms with Gasteiger partial charge >= 0.3 is 0 Å². The first-order valence-electron chi connectivity index (χ1n) is 22.7. The third-order valence-corrected chi connectivity index (χ3v) is 12.7. The molecular weight excluding hydrogens is 757 g/mol. The first-order valence-corrected chi connectivity index (χ1v) is 21.7. The second kappa shape index (κ2) is 14.4. The molecule has 5 heterocycles.